The van der Waals surface area contributed by atoms with Crippen molar-refractivity contribution in [3.8, 4) is 22.7 Å². The Morgan fingerprint density at radius 2 is 1.92 bits per heavy atom. The van der Waals surface area contributed by atoms with Crippen LogP contribution in [0.4, 0.5) is 0 Å². The van der Waals surface area contributed by atoms with Gasteiger partial charge >= 0.3 is 0 Å². The number of H-pyrrole nitrogens is 1. The van der Waals surface area contributed by atoms with Crippen LogP contribution in [0.15, 0.2) is 64.6 Å². The highest BCUT2D eigenvalue weighted by atomic mass is 16.4. The van der Waals surface area contributed by atoms with Crippen LogP contribution in [-0.2, 0) is 0 Å². The molecule has 0 atom stereocenters. The maximum atomic E-state index is 8.77. The van der Waals surface area contributed by atoms with Gasteiger partial charge in [0.05, 0.1) is 17.2 Å². The van der Waals surface area contributed by atoms with Gasteiger partial charge in [0.2, 0.25) is 0 Å². The van der Waals surface area contributed by atoms with Crippen molar-refractivity contribution in [3.63, 3.8) is 0 Å². The number of aromatic nitrogens is 3. The highest BCUT2D eigenvalue weighted by molar-refractivity contribution is 5.99. The van der Waals surface area contributed by atoms with Crippen LogP contribution < -0.4 is 5.73 Å². The second kappa shape index (κ2) is 5.54. The van der Waals surface area contributed by atoms with Crippen molar-refractivity contribution in [2.45, 2.75) is 0 Å². The van der Waals surface area contributed by atoms with E-state index in [1.54, 1.807) is 18.3 Å². The molecule has 0 aliphatic rings. The van der Waals surface area contributed by atoms with Gasteiger partial charge in [-0.25, -0.2) is 9.97 Å². The second-order valence-electron chi connectivity index (χ2n) is 5.25. The average molecular weight is 319 g/mol. The molecule has 0 unspecified atom stereocenters. The predicted molar refractivity (Wildman–Crippen MR) is 89.5 cm³/mol. The van der Waals surface area contributed by atoms with Crippen molar-refractivity contribution < 1.29 is 9.62 Å². The number of nitrogens with one attached hydrogen (secondary N) is 1. The molecule has 0 fully saturated rings. The maximum absolute atomic E-state index is 8.77. The van der Waals surface area contributed by atoms with E-state index in [1.807, 2.05) is 30.3 Å². The lowest BCUT2D eigenvalue weighted by Gasteiger charge is -1.99. The zero-order valence-electron chi connectivity index (χ0n) is 12.5. The molecule has 0 radical (unpaired) electrons. The van der Waals surface area contributed by atoms with Crippen molar-refractivity contribution in [1.29, 1.82) is 0 Å². The summed E-state index contributed by atoms with van der Waals surface area (Å²) in [5, 5.41) is 11.8. The number of imidazole rings is 1. The Hall–Kier alpha value is -3.61. The fraction of sp³-hybridized carbons (Fsp3) is 0. The first-order valence-corrected chi connectivity index (χ1v) is 7.21. The van der Waals surface area contributed by atoms with Crippen LogP contribution in [0.1, 0.15) is 5.56 Å². The van der Waals surface area contributed by atoms with Crippen molar-refractivity contribution in [2.24, 2.45) is 10.9 Å². The first kappa shape index (κ1) is 14.0. The van der Waals surface area contributed by atoms with Crippen LogP contribution in [-0.4, -0.2) is 26.0 Å². The van der Waals surface area contributed by atoms with Gasteiger partial charge in [0, 0.05) is 16.7 Å². The molecule has 0 amide bonds. The molecule has 24 heavy (non-hydrogen) atoms. The van der Waals surface area contributed by atoms with Gasteiger partial charge in [0.15, 0.2) is 18.0 Å². The SMILES string of the molecule is N/C(=N\O)c1ccc2nc(-c3ccc(-c4cnco4)cc3)[nH]c2c1. The number of rotatable bonds is 3. The van der Waals surface area contributed by atoms with Crippen molar-refractivity contribution >= 4 is 16.9 Å². The summed E-state index contributed by atoms with van der Waals surface area (Å²) >= 11 is 0. The third-order valence-electron chi connectivity index (χ3n) is 3.76. The molecule has 0 aliphatic heterocycles. The molecule has 2 heterocycles. The van der Waals surface area contributed by atoms with E-state index in [-0.39, 0.29) is 5.84 Å². The van der Waals surface area contributed by atoms with E-state index < -0.39 is 0 Å². The lowest BCUT2D eigenvalue weighted by Crippen LogP contribution is -2.12. The van der Waals surface area contributed by atoms with Crippen LogP contribution in [0.5, 0.6) is 0 Å². The van der Waals surface area contributed by atoms with Gasteiger partial charge < -0.3 is 20.3 Å². The molecule has 7 heteroatoms. The number of fused-ring (bicyclic) bond motifs is 1. The summed E-state index contributed by atoms with van der Waals surface area (Å²) in [7, 11) is 0. The molecule has 0 saturated carbocycles. The quantitative estimate of drug-likeness (QED) is 0.232. The van der Waals surface area contributed by atoms with Gasteiger partial charge in [-0.1, -0.05) is 29.4 Å². The minimum atomic E-state index is 0.0597. The molecule has 0 spiro atoms. The summed E-state index contributed by atoms with van der Waals surface area (Å²) < 4.78 is 5.28. The molecule has 0 aliphatic carbocycles. The minimum absolute atomic E-state index is 0.0597. The summed E-state index contributed by atoms with van der Waals surface area (Å²) in [4.78, 5) is 11.7. The highest BCUT2D eigenvalue weighted by Gasteiger charge is 2.08. The van der Waals surface area contributed by atoms with Crippen molar-refractivity contribution in [3.05, 3.63) is 60.6 Å². The number of nitrogens with two attached hydrogens (primary N) is 1. The zero-order chi connectivity index (χ0) is 16.5. The number of amidine groups is 1. The smallest absolute Gasteiger partial charge is 0.181 e. The Morgan fingerprint density at radius 1 is 1.12 bits per heavy atom. The van der Waals surface area contributed by atoms with E-state index in [0.717, 1.165) is 33.7 Å². The largest absolute Gasteiger partial charge is 0.444 e. The molecule has 0 saturated heterocycles. The van der Waals surface area contributed by atoms with Crippen molar-refractivity contribution in [1.82, 2.24) is 15.0 Å². The number of oxime groups is 1. The van der Waals surface area contributed by atoms with Gasteiger partial charge in [-0.2, -0.15) is 0 Å². The molecule has 2 aromatic carbocycles. The van der Waals surface area contributed by atoms with E-state index in [0.29, 0.717) is 5.56 Å². The average Bonchev–Trinajstić information content (AvgIpc) is 3.30. The molecule has 4 N–H and O–H groups in total. The fourth-order valence-corrected chi connectivity index (χ4v) is 2.51. The number of hydrogen-bond donors (Lipinski definition) is 3. The first-order valence-electron chi connectivity index (χ1n) is 7.21. The zero-order valence-corrected chi connectivity index (χ0v) is 12.5. The summed E-state index contributed by atoms with van der Waals surface area (Å²) in [6.07, 6.45) is 3.08. The molecular formula is C17H13N5O2. The molecule has 4 rings (SSSR count). The molecule has 118 valence electrons. The highest BCUT2D eigenvalue weighted by Crippen LogP contribution is 2.25. The Bertz CT molecular complexity index is 1020. The predicted octanol–water partition coefficient (Wildman–Crippen LogP) is 2.98. The Labute approximate surface area is 136 Å². The molecule has 4 aromatic rings. The molecular weight excluding hydrogens is 306 g/mol. The Morgan fingerprint density at radius 3 is 2.62 bits per heavy atom. The number of benzene rings is 2. The number of hydrogen-bond acceptors (Lipinski definition) is 5. The van der Waals surface area contributed by atoms with Gasteiger partial charge in [-0.15, -0.1) is 0 Å². The molecule has 7 nitrogen and oxygen atoms in total. The lowest BCUT2D eigenvalue weighted by atomic mass is 10.1. The third-order valence-corrected chi connectivity index (χ3v) is 3.76. The normalized spacial score (nSPS) is 11.9. The van der Waals surface area contributed by atoms with Crippen LogP contribution in [0.3, 0.4) is 0 Å². The molecule has 0 bridgehead atoms. The van der Waals surface area contributed by atoms with Crippen LogP contribution >= 0.6 is 0 Å². The van der Waals surface area contributed by atoms with Gasteiger partial charge in [0.25, 0.3) is 0 Å². The maximum Gasteiger partial charge on any atom is 0.181 e. The number of nitrogens with zero attached hydrogens (tertiary/aromatic N) is 3. The summed E-state index contributed by atoms with van der Waals surface area (Å²) in [5.74, 6) is 1.52. The standard InChI is InChI=1S/C17H13N5O2/c18-16(22-23)12-5-6-13-14(7-12)21-17(20-13)11-3-1-10(2-4-11)15-8-19-9-24-15/h1-9,23H,(H2,18,22)(H,20,21). The van der Waals surface area contributed by atoms with E-state index in [1.165, 1.54) is 6.39 Å². The number of aromatic amines is 1. The second-order valence-corrected chi connectivity index (χ2v) is 5.25. The Kier molecular flexibility index (Phi) is 3.24. The number of oxazole rings is 1. The van der Waals surface area contributed by atoms with Crippen LogP contribution in [0.2, 0.25) is 0 Å². The first-order chi connectivity index (χ1) is 11.7. The van der Waals surface area contributed by atoms with Gasteiger partial charge in [-0.3, -0.25) is 0 Å². The summed E-state index contributed by atoms with van der Waals surface area (Å²) in [6.45, 7) is 0. The lowest BCUT2D eigenvalue weighted by molar-refractivity contribution is 0.318. The van der Waals surface area contributed by atoms with E-state index in [9.17, 15) is 0 Å². The molecule has 2 aromatic heterocycles. The third kappa shape index (κ3) is 2.38. The van der Waals surface area contributed by atoms with Gasteiger partial charge in [0.1, 0.15) is 5.82 Å². The Balaban J connectivity index is 1.71. The van der Waals surface area contributed by atoms with E-state index >= 15 is 0 Å². The van der Waals surface area contributed by atoms with Gasteiger partial charge in [-0.05, 0) is 18.2 Å². The van der Waals surface area contributed by atoms with Crippen LogP contribution in [0, 0.1) is 0 Å². The fourth-order valence-electron chi connectivity index (χ4n) is 2.51. The van der Waals surface area contributed by atoms with E-state index in [4.69, 9.17) is 15.4 Å². The van der Waals surface area contributed by atoms with Crippen molar-refractivity contribution in [2.75, 3.05) is 0 Å². The summed E-state index contributed by atoms with van der Waals surface area (Å²) in [5.41, 5.74) is 9.75. The monoisotopic (exact) mass is 319 g/mol. The topological polar surface area (TPSA) is 113 Å². The van der Waals surface area contributed by atoms with Crippen LogP contribution in [0.25, 0.3) is 33.7 Å². The summed E-state index contributed by atoms with van der Waals surface area (Å²) in [6, 6.07) is 13.2. The van der Waals surface area contributed by atoms with E-state index in [2.05, 4.69) is 20.1 Å². The minimum Gasteiger partial charge on any atom is -0.444 e.